The van der Waals surface area contributed by atoms with Gasteiger partial charge < -0.3 is 5.32 Å². The van der Waals surface area contributed by atoms with Crippen molar-refractivity contribution < 1.29 is 17.6 Å². The number of amides is 1. The number of sulfonamides is 1. The zero-order valence-electron chi connectivity index (χ0n) is 18.6. The molecule has 0 spiro atoms. The lowest BCUT2D eigenvalue weighted by molar-refractivity contribution is 0.102. The van der Waals surface area contributed by atoms with Gasteiger partial charge in [-0.05, 0) is 79.2 Å². The summed E-state index contributed by atoms with van der Waals surface area (Å²) in [5, 5.41) is 13.7. The molecule has 2 N–H and O–H groups in total. The first-order chi connectivity index (χ1) is 16.1. The van der Waals surface area contributed by atoms with Gasteiger partial charge in [0.1, 0.15) is 11.5 Å². The van der Waals surface area contributed by atoms with Crippen molar-refractivity contribution in [3.63, 3.8) is 0 Å². The molecule has 0 aliphatic rings. The lowest BCUT2D eigenvalue weighted by atomic mass is 10.1. The summed E-state index contributed by atoms with van der Waals surface area (Å²) < 4.78 is 43.8. The first-order valence-electron chi connectivity index (χ1n) is 10.2. The third-order valence-electron chi connectivity index (χ3n) is 5.13. The molecule has 0 radical (unpaired) electrons. The lowest BCUT2D eigenvalue weighted by Crippen LogP contribution is -2.17. The van der Waals surface area contributed by atoms with E-state index in [9.17, 15) is 17.6 Å². The van der Waals surface area contributed by atoms with E-state index in [1.807, 2.05) is 6.92 Å². The molecule has 0 aliphatic carbocycles. The molecule has 0 unspecified atom stereocenters. The third-order valence-corrected chi connectivity index (χ3v) is 6.50. The molecule has 1 amide bonds. The van der Waals surface area contributed by atoms with Crippen LogP contribution in [0.5, 0.6) is 0 Å². The van der Waals surface area contributed by atoms with E-state index in [1.54, 1.807) is 44.2 Å². The number of aromatic nitrogens is 4. The van der Waals surface area contributed by atoms with Crippen molar-refractivity contribution in [1.29, 1.82) is 0 Å². The summed E-state index contributed by atoms with van der Waals surface area (Å²) in [5.41, 5.74) is 2.50. The van der Waals surface area contributed by atoms with Gasteiger partial charge in [0.2, 0.25) is 0 Å². The number of carbonyl (C=O) groups excluding carboxylic acids is 1. The van der Waals surface area contributed by atoms with Gasteiger partial charge in [0.25, 0.3) is 15.9 Å². The number of carbonyl (C=O) groups is 1. The monoisotopic (exact) mass is 480 g/mol. The zero-order chi connectivity index (χ0) is 24.5. The summed E-state index contributed by atoms with van der Waals surface area (Å²) in [5.74, 6) is -0.743. The summed E-state index contributed by atoms with van der Waals surface area (Å²) in [7, 11) is -3.92. The first kappa shape index (κ1) is 23.1. The van der Waals surface area contributed by atoms with E-state index < -0.39 is 21.7 Å². The van der Waals surface area contributed by atoms with Gasteiger partial charge in [-0.1, -0.05) is 23.8 Å². The summed E-state index contributed by atoms with van der Waals surface area (Å²) in [6.45, 7) is 5.21. The van der Waals surface area contributed by atoms with Crippen molar-refractivity contribution in [2.75, 3.05) is 10.0 Å². The van der Waals surface area contributed by atoms with Crippen LogP contribution in [-0.4, -0.2) is 34.5 Å². The van der Waals surface area contributed by atoms with Gasteiger partial charge in [-0.15, -0.1) is 5.10 Å². The van der Waals surface area contributed by atoms with E-state index in [1.165, 1.54) is 35.0 Å². The number of nitrogens with zero attached hydrogens (tertiary/aromatic N) is 4. The number of rotatable bonds is 6. The van der Waals surface area contributed by atoms with Crippen LogP contribution >= 0.6 is 0 Å². The second-order valence-corrected chi connectivity index (χ2v) is 9.39. The van der Waals surface area contributed by atoms with Gasteiger partial charge in [0, 0.05) is 16.9 Å². The zero-order valence-corrected chi connectivity index (χ0v) is 19.4. The minimum atomic E-state index is -3.92. The van der Waals surface area contributed by atoms with Crippen LogP contribution < -0.4 is 10.0 Å². The van der Waals surface area contributed by atoms with Crippen molar-refractivity contribution in [3.8, 4) is 5.69 Å². The Morgan fingerprint density at radius 3 is 2.32 bits per heavy atom. The highest BCUT2D eigenvalue weighted by atomic mass is 32.2. The van der Waals surface area contributed by atoms with Crippen molar-refractivity contribution in [2.45, 2.75) is 25.7 Å². The van der Waals surface area contributed by atoms with E-state index in [4.69, 9.17) is 0 Å². The van der Waals surface area contributed by atoms with E-state index >= 15 is 0 Å². The van der Waals surface area contributed by atoms with Crippen LogP contribution in [0, 0.1) is 26.6 Å². The van der Waals surface area contributed by atoms with Crippen molar-refractivity contribution in [2.24, 2.45) is 0 Å². The van der Waals surface area contributed by atoms with Crippen LogP contribution in [0.4, 0.5) is 15.8 Å². The molecule has 4 rings (SSSR count). The van der Waals surface area contributed by atoms with Crippen LogP contribution in [0.2, 0.25) is 0 Å². The standard InChI is InChI=1S/C23H21FN6O3S/c1-14-4-7-17(8-5-14)27-34(32,33)19-10-6-15(2)20(13-19)23(31)25-18-9-11-21(24)22(12-18)30-16(3)26-28-29-30/h4-13,27H,1-3H3,(H,25,31). The fourth-order valence-electron chi connectivity index (χ4n) is 3.25. The van der Waals surface area contributed by atoms with E-state index in [-0.39, 0.29) is 16.1 Å². The van der Waals surface area contributed by atoms with Gasteiger partial charge in [-0.2, -0.15) is 4.68 Å². The molecular weight excluding hydrogens is 459 g/mol. The predicted molar refractivity (Wildman–Crippen MR) is 125 cm³/mol. The van der Waals surface area contributed by atoms with E-state index in [0.717, 1.165) is 5.56 Å². The highest BCUT2D eigenvalue weighted by molar-refractivity contribution is 7.92. The van der Waals surface area contributed by atoms with E-state index in [2.05, 4.69) is 25.6 Å². The molecule has 1 heterocycles. The quantitative estimate of drug-likeness (QED) is 0.434. The number of benzene rings is 3. The Balaban J connectivity index is 1.60. The number of hydrogen-bond acceptors (Lipinski definition) is 6. The minimum Gasteiger partial charge on any atom is -0.322 e. The third kappa shape index (κ3) is 4.79. The molecule has 1 aromatic heterocycles. The number of aryl methyl sites for hydroxylation is 3. The van der Waals surface area contributed by atoms with Crippen molar-refractivity contribution in [1.82, 2.24) is 20.2 Å². The largest absolute Gasteiger partial charge is 0.322 e. The van der Waals surface area contributed by atoms with E-state index in [0.29, 0.717) is 22.8 Å². The Morgan fingerprint density at radius 2 is 1.65 bits per heavy atom. The molecule has 0 saturated heterocycles. The summed E-state index contributed by atoms with van der Waals surface area (Å²) >= 11 is 0. The molecule has 3 aromatic carbocycles. The first-order valence-corrected chi connectivity index (χ1v) is 11.7. The minimum absolute atomic E-state index is 0.0621. The number of nitrogens with one attached hydrogen (secondary N) is 2. The molecule has 0 atom stereocenters. The van der Waals surface area contributed by atoms with Crippen LogP contribution in [0.3, 0.4) is 0 Å². The number of tetrazole rings is 1. The maximum atomic E-state index is 14.3. The van der Waals surface area contributed by atoms with Gasteiger partial charge in [0.05, 0.1) is 4.90 Å². The maximum absolute atomic E-state index is 14.3. The highest BCUT2D eigenvalue weighted by Gasteiger charge is 2.19. The number of anilines is 2. The molecule has 0 fully saturated rings. The predicted octanol–water partition coefficient (Wildman–Crippen LogP) is 3.78. The van der Waals surface area contributed by atoms with Crippen LogP contribution in [0.15, 0.2) is 65.6 Å². The molecule has 4 aromatic rings. The van der Waals surface area contributed by atoms with Crippen LogP contribution in [0.25, 0.3) is 5.69 Å². The van der Waals surface area contributed by atoms with Gasteiger partial charge in [0.15, 0.2) is 5.82 Å². The molecule has 0 saturated carbocycles. The summed E-state index contributed by atoms with van der Waals surface area (Å²) in [6.07, 6.45) is 0. The van der Waals surface area contributed by atoms with Crippen LogP contribution in [0.1, 0.15) is 27.3 Å². The Labute approximate surface area is 195 Å². The Bertz CT molecular complexity index is 1480. The molecule has 11 heteroatoms. The Hall–Kier alpha value is -4.12. The summed E-state index contributed by atoms with van der Waals surface area (Å²) in [4.78, 5) is 12.9. The number of hydrogen-bond donors (Lipinski definition) is 2. The average molecular weight is 481 g/mol. The normalized spacial score (nSPS) is 11.3. The van der Waals surface area contributed by atoms with Crippen molar-refractivity contribution >= 4 is 27.3 Å². The van der Waals surface area contributed by atoms with Gasteiger partial charge >= 0.3 is 0 Å². The smallest absolute Gasteiger partial charge is 0.261 e. The lowest BCUT2D eigenvalue weighted by Gasteiger charge is -2.13. The molecular formula is C23H21FN6O3S. The SMILES string of the molecule is Cc1ccc(NS(=O)(=O)c2ccc(C)c(C(=O)Nc3ccc(F)c(-n4nnnc4C)c3)c2)cc1. The Morgan fingerprint density at radius 1 is 0.941 bits per heavy atom. The second kappa shape index (κ2) is 9.02. The van der Waals surface area contributed by atoms with Gasteiger partial charge in [-0.3, -0.25) is 9.52 Å². The fraction of sp³-hybridized carbons (Fsp3) is 0.130. The van der Waals surface area contributed by atoms with Crippen LogP contribution in [-0.2, 0) is 10.0 Å². The molecule has 34 heavy (non-hydrogen) atoms. The molecule has 0 bridgehead atoms. The summed E-state index contributed by atoms with van der Waals surface area (Å²) in [6, 6.07) is 15.2. The maximum Gasteiger partial charge on any atom is 0.261 e. The average Bonchev–Trinajstić information content (AvgIpc) is 3.22. The number of halogens is 1. The molecule has 174 valence electrons. The topological polar surface area (TPSA) is 119 Å². The Kier molecular flexibility index (Phi) is 6.12. The molecule has 0 aliphatic heterocycles. The van der Waals surface area contributed by atoms with Gasteiger partial charge in [-0.25, -0.2) is 12.8 Å². The molecule has 9 nitrogen and oxygen atoms in total. The fourth-order valence-corrected chi connectivity index (χ4v) is 4.34. The second-order valence-electron chi connectivity index (χ2n) is 7.71. The van der Waals surface area contributed by atoms with Crippen molar-refractivity contribution in [3.05, 3.63) is 89.0 Å². The highest BCUT2D eigenvalue weighted by Crippen LogP contribution is 2.23.